The summed E-state index contributed by atoms with van der Waals surface area (Å²) in [7, 11) is -3.74. The predicted molar refractivity (Wildman–Crippen MR) is 76.4 cm³/mol. The van der Waals surface area contributed by atoms with Crippen LogP contribution >= 0.6 is 15.9 Å². The molecule has 0 aliphatic heterocycles. The number of rotatable bonds is 3. The highest BCUT2D eigenvalue weighted by atomic mass is 79.9. The van der Waals surface area contributed by atoms with Gasteiger partial charge in [-0.1, -0.05) is 28.8 Å². The number of nitrogens with zero attached hydrogens (tertiary/aromatic N) is 1. The molecule has 1 saturated carbocycles. The van der Waals surface area contributed by atoms with Crippen LogP contribution in [-0.2, 0) is 10.0 Å². The SMILES string of the molecule is N#Cc1cc(S(=O)(=O)NC2CCCCC2Br)ccc1F. The minimum absolute atomic E-state index is 0.0827. The summed E-state index contributed by atoms with van der Waals surface area (Å²) in [5.41, 5.74) is -0.271. The van der Waals surface area contributed by atoms with Crippen LogP contribution in [0.25, 0.3) is 0 Å². The van der Waals surface area contributed by atoms with E-state index in [0.717, 1.165) is 37.8 Å². The van der Waals surface area contributed by atoms with Gasteiger partial charge >= 0.3 is 0 Å². The fourth-order valence-electron chi connectivity index (χ4n) is 2.24. The van der Waals surface area contributed by atoms with Crippen LogP contribution in [0.2, 0.25) is 0 Å². The second kappa shape index (κ2) is 6.20. The van der Waals surface area contributed by atoms with Gasteiger partial charge in [0.25, 0.3) is 0 Å². The van der Waals surface area contributed by atoms with Crippen LogP contribution in [0, 0.1) is 17.1 Å². The van der Waals surface area contributed by atoms with Crippen molar-refractivity contribution in [2.45, 2.75) is 41.4 Å². The molecule has 1 aliphatic carbocycles. The van der Waals surface area contributed by atoms with Gasteiger partial charge in [-0.25, -0.2) is 17.5 Å². The molecule has 1 aromatic carbocycles. The van der Waals surface area contributed by atoms with Crippen LogP contribution in [0.15, 0.2) is 23.1 Å². The molecule has 0 spiro atoms. The summed E-state index contributed by atoms with van der Waals surface area (Å²) in [5.74, 6) is -0.720. The smallest absolute Gasteiger partial charge is 0.207 e. The van der Waals surface area contributed by atoms with E-state index in [2.05, 4.69) is 20.7 Å². The molecule has 2 rings (SSSR count). The Kier molecular flexibility index (Phi) is 4.78. The van der Waals surface area contributed by atoms with Crippen molar-refractivity contribution in [1.29, 1.82) is 5.26 Å². The van der Waals surface area contributed by atoms with Crippen LogP contribution in [0.4, 0.5) is 4.39 Å². The molecule has 1 N–H and O–H groups in total. The second-order valence-electron chi connectivity index (χ2n) is 4.78. The highest BCUT2D eigenvalue weighted by Crippen LogP contribution is 2.26. The maximum atomic E-state index is 13.2. The monoisotopic (exact) mass is 360 g/mol. The summed E-state index contributed by atoms with van der Waals surface area (Å²) in [6, 6.07) is 4.70. The zero-order valence-corrected chi connectivity index (χ0v) is 13.0. The molecule has 1 aromatic rings. The molecule has 0 heterocycles. The van der Waals surface area contributed by atoms with Gasteiger partial charge in [0.15, 0.2) is 0 Å². The van der Waals surface area contributed by atoms with Crippen molar-refractivity contribution in [2.24, 2.45) is 0 Å². The van der Waals surface area contributed by atoms with Gasteiger partial charge in [-0.05, 0) is 31.0 Å². The minimum atomic E-state index is -3.74. The third-order valence-corrected chi connectivity index (χ3v) is 5.94. The molecule has 7 heteroatoms. The Labute approximate surface area is 126 Å². The van der Waals surface area contributed by atoms with Gasteiger partial charge in [0.1, 0.15) is 11.9 Å². The molecule has 1 fully saturated rings. The minimum Gasteiger partial charge on any atom is -0.207 e. The number of halogens is 2. The highest BCUT2D eigenvalue weighted by Gasteiger charge is 2.28. The lowest BCUT2D eigenvalue weighted by Gasteiger charge is -2.27. The van der Waals surface area contributed by atoms with Crippen molar-refractivity contribution < 1.29 is 12.8 Å². The summed E-state index contributed by atoms with van der Waals surface area (Å²) in [6.45, 7) is 0. The molecule has 0 aromatic heterocycles. The number of alkyl halides is 1. The van der Waals surface area contributed by atoms with E-state index in [1.807, 2.05) is 0 Å². The second-order valence-corrected chi connectivity index (χ2v) is 7.67. The van der Waals surface area contributed by atoms with Gasteiger partial charge in [-0.3, -0.25) is 0 Å². The van der Waals surface area contributed by atoms with Gasteiger partial charge in [0.05, 0.1) is 10.5 Å². The fourth-order valence-corrected chi connectivity index (χ4v) is 4.48. The third kappa shape index (κ3) is 3.37. The number of hydrogen-bond donors (Lipinski definition) is 1. The lowest BCUT2D eigenvalue weighted by Crippen LogP contribution is -2.42. The fraction of sp³-hybridized carbons (Fsp3) is 0.462. The molecule has 0 bridgehead atoms. The summed E-state index contributed by atoms with van der Waals surface area (Å²) < 4.78 is 40.4. The van der Waals surface area contributed by atoms with E-state index >= 15 is 0 Å². The van der Waals surface area contributed by atoms with E-state index in [1.165, 1.54) is 6.07 Å². The lowest BCUT2D eigenvalue weighted by atomic mass is 9.96. The quantitative estimate of drug-likeness (QED) is 0.842. The number of sulfonamides is 1. The summed E-state index contributed by atoms with van der Waals surface area (Å²) in [4.78, 5) is 0.0163. The van der Waals surface area contributed by atoms with Crippen molar-refractivity contribution in [3.8, 4) is 6.07 Å². The van der Waals surface area contributed by atoms with Gasteiger partial charge in [0.2, 0.25) is 10.0 Å². The standard InChI is InChI=1S/C13H14BrFN2O2S/c14-11-3-1-2-4-13(11)17-20(18,19)10-5-6-12(15)9(7-10)8-16/h5-7,11,13,17H,1-4H2. The molecular formula is C13H14BrFN2O2S. The lowest BCUT2D eigenvalue weighted by molar-refractivity contribution is 0.427. The largest absolute Gasteiger partial charge is 0.240 e. The first-order chi connectivity index (χ1) is 9.44. The first-order valence-electron chi connectivity index (χ1n) is 6.30. The van der Waals surface area contributed by atoms with E-state index in [9.17, 15) is 12.8 Å². The highest BCUT2D eigenvalue weighted by molar-refractivity contribution is 9.09. The van der Waals surface area contributed by atoms with Crippen molar-refractivity contribution >= 4 is 26.0 Å². The molecule has 1 aliphatic rings. The van der Waals surface area contributed by atoms with Crippen LogP contribution in [-0.4, -0.2) is 19.3 Å². The third-order valence-electron chi connectivity index (χ3n) is 3.36. The molecule has 0 amide bonds. The Balaban J connectivity index is 2.24. The molecule has 108 valence electrons. The van der Waals surface area contributed by atoms with E-state index in [4.69, 9.17) is 5.26 Å². The van der Waals surface area contributed by atoms with E-state index in [0.29, 0.717) is 0 Å². The van der Waals surface area contributed by atoms with Crippen molar-refractivity contribution in [3.05, 3.63) is 29.6 Å². The van der Waals surface area contributed by atoms with Crippen LogP contribution in [0.1, 0.15) is 31.2 Å². The average Bonchev–Trinajstić information content (AvgIpc) is 2.41. The van der Waals surface area contributed by atoms with Gasteiger partial charge in [0, 0.05) is 10.9 Å². The zero-order chi connectivity index (χ0) is 14.8. The number of hydrogen-bond acceptors (Lipinski definition) is 3. The molecule has 2 unspecified atom stereocenters. The van der Waals surface area contributed by atoms with Gasteiger partial charge < -0.3 is 0 Å². The summed E-state index contributed by atoms with van der Waals surface area (Å²) >= 11 is 3.48. The molecule has 2 atom stereocenters. The van der Waals surface area contributed by atoms with Crippen molar-refractivity contribution in [1.82, 2.24) is 4.72 Å². The number of nitriles is 1. The van der Waals surface area contributed by atoms with Gasteiger partial charge in [-0.15, -0.1) is 0 Å². The maximum absolute atomic E-state index is 13.2. The van der Waals surface area contributed by atoms with Crippen molar-refractivity contribution in [2.75, 3.05) is 0 Å². The summed E-state index contributed by atoms with van der Waals surface area (Å²) in [6.07, 6.45) is 3.73. The summed E-state index contributed by atoms with van der Waals surface area (Å²) in [5, 5.41) is 8.76. The molecule has 0 radical (unpaired) electrons. The average molecular weight is 361 g/mol. The van der Waals surface area contributed by atoms with Crippen LogP contribution in [0.3, 0.4) is 0 Å². The molecule has 0 saturated heterocycles. The Morgan fingerprint density at radius 1 is 1.35 bits per heavy atom. The Morgan fingerprint density at radius 2 is 2.05 bits per heavy atom. The topological polar surface area (TPSA) is 70.0 Å². The van der Waals surface area contributed by atoms with Gasteiger partial charge in [-0.2, -0.15) is 5.26 Å². The Morgan fingerprint density at radius 3 is 2.70 bits per heavy atom. The molecule has 20 heavy (non-hydrogen) atoms. The molecule has 4 nitrogen and oxygen atoms in total. The first-order valence-corrected chi connectivity index (χ1v) is 8.70. The van der Waals surface area contributed by atoms with Crippen LogP contribution < -0.4 is 4.72 Å². The molecular weight excluding hydrogens is 347 g/mol. The van der Waals surface area contributed by atoms with Crippen LogP contribution in [0.5, 0.6) is 0 Å². The van der Waals surface area contributed by atoms with E-state index in [1.54, 1.807) is 6.07 Å². The number of nitrogens with one attached hydrogen (secondary N) is 1. The Bertz CT molecular complexity index is 642. The predicted octanol–water partition coefficient (Wildman–Crippen LogP) is 2.68. The van der Waals surface area contributed by atoms with E-state index in [-0.39, 0.29) is 21.3 Å². The zero-order valence-electron chi connectivity index (χ0n) is 10.6. The normalized spacial score (nSPS) is 23.2. The van der Waals surface area contributed by atoms with E-state index < -0.39 is 15.8 Å². The Hall–Kier alpha value is -0.970. The first kappa shape index (κ1) is 15.4. The van der Waals surface area contributed by atoms with Crippen molar-refractivity contribution in [3.63, 3.8) is 0 Å². The maximum Gasteiger partial charge on any atom is 0.240 e. The number of benzene rings is 1.